The summed E-state index contributed by atoms with van der Waals surface area (Å²) in [5, 5.41) is 0. The van der Waals surface area contributed by atoms with Crippen LogP contribution in [0.15, 0.2) is 17.1 Å². The fourth-order valence-corrected chi connectivity index (χ4v) is 4.54. The number of rotatable bonds is 14. The molecule has 1 aromatic rings. The average Bonchev–Trinajstić information content (AvgIpc) is 3.09. The molecule has 0 saturated carbocycles. The maximum Gasteiger partial charge on any atom is 0.472 e. The van der Waals surface area contributed by atoms with E-state index in [9.17, 15) is 23.7 Å². The third-order valence-corrected chi connectivity index (χ3v) is 6.75. The third-order valence-electron chi connectivity index (χ3n) is 4.73. The summed E-state index contributed by atoms with van der Waals surface area (Å²) in [7, 11) is -7.31. The molecule has 4 N–H and O–H groups in total. The molecule has 32 heavy (non-hydrogen) atoms. The maximum atomic E-state index is 12.3. The number of ether oxygens (including phenoxy) is 1. The van der Waals surface area contributed by atoms with E-state index in [1.54, 1.807) is 0 Å². The van der Waals surface area contributed by atoms with Gasteiger partial charge in [0.1, 0.15) is 12.0 Å². The van der Waals surface area contributed by atoms with Crippen LogP contribution in [0, 0.1) is 0 Å². The van der Waals surface area contributed by atoms with Crippen LogP contribution in [-0.2, 0) is 32.0 Å². The van der Waals surface area contributed by atoms with Gasteiger partial charge in [0.2, 0.25) is 0 Å². The molecule has 5 atom stereocenters. The van der Waals surface area contributed by atoms with Crippen LogP contribution >= 0.6 is 15.6 Å². The van der Waals surface area contributed by atoms with E-state index in [4.69, 9.17) is 24.0 Å². The van der Waals surface area contributed by atoms with Gasteiger partial charge in [-0.05, 0) is 31.7 Å². The largest absolute Gasteiger partial charge is 0.472 e. The molecule has 0 aromatic carbocycles. The smallest absolute Gasteiger partial charge is 0.383 e. The summed E-state index contributed by atoms with van der Waals surface area (Å²) in [4.78, 5) is 35.1. The fourth-order valence-electron chi connectivity index (χ4n) is 3.09. The van der Waals surface area contributed by atoms with Gasteiger partial charge in [-0.3, -0.25) is 22.7 Å². The first kappa shape index (κ1) is 27.1. The van der Waals surface area contributed by atoms with Gasteiger partial charge < -0.3 is 20.3 Å². The van der Waals surface area contributed by atoms with Crippen molar-refractivity contribution in [1.29, 1.82) is 0 Å². The Kier molecular flexibility index (Phi) is 10.5. The Hall–Kier alpha value is -1.14. The molecule has 184 valence electrons. The topological polar surface area (TPSA) is 182 Å². The number of nitrogen functional groups attached to an aromatic ring is 1. The molecule has 15 heteroatoms. The van der Waals surface area contributed by atoms with E-state index in [1.807, 2.05) is 6.92 Å². The molecule has 0 amide bonds. The minimum Gasteiger partial charge on any atom is -0.383 e. The summed E-state index contributed by atoms with van der Waals surface area (Å²) in [6, 6.07) is 1.44. The van der Waals surface area contributed by atoms with E-state index in [0.717, 1.165) is 13.5 Å². The van der Waals surface area contributed by atoms with Crippen LogP contribution in [0.4, 0.5) is 5.82 Å². The van der Waals surface area contributed by atoms with Crippen LogP contribution in [0.3, 0.4) is 0 Å². The molecule has 0 aliphatic carbocycles. The minimum atomic E-state index is -4.33. The Morgan fingerprint density at radius 1 is 1.22 bits per heavy atom. The standard InChI is InChI=1S/C17H31N3O10P2/c1-3-4-10-28-32(24,25)30-14-12-16(20-9-8-15(18)19-17(20)21)29-13(14)7-5-6-11-27-31(22,23)26-2/h8-9,13-14,16H,3-7,10-12H2,1-2H3,(H,22,23)(H,24,25)(H2,18,19,21)/t13-,14?,16+/m0/s1. The number of hydrogen-bond acceptors (Lipinski definition) is 10. The number of unbranched alkanes of at least 4 members (excludes halogenated alkanes) is 2. The lowest BCUT2D eigenvalue weighted by molar-refractivity contribution is -0.0266. The van der Waals surface area contributed by atoms with Gasteiger partial charge in [0, 0.05) is 19.7 Å². The number of phosphoric acid groups is 2. The molecule has 1 saturated heterocycles. The van der Waals surface area contributed by atoms with Crippen molar-refractivity contribution in [3.05, 3.63) is 22.7 Å². The second-order valence-corrected chi connectivity index (χ2v) is 10.2. The van der Waals surface area contributed by atoms with Crippen LogP contribution in [0.1, 0.15) is 51.7 Å². The van der Waals surface area contributed by atoms with E-state index in [2.05, 4.69) is 9.51 Å². The van der Waals surface area contributed by atoms with E-state index >= 15 is 0 Å². The van der Waals surface area contributed by atoms with E-state index in [1.165, 1.54) is 16.8 Å². The molecule has 3 unspecified atom stereocenters. The Labute approximate surface area is 186 Å². The summed E-state index contributed by atoms with van der Waals surface area (Å²) in [6.45, 7) is 1.97. The van der Waals surface area contributed by atoms with E-state index < -0.39 is 39.8 Å². The van der Waals surface area contributed by atoms with Crippen molar-refractivity contribution >= 4 is 21.5 Å². The summed E-state index contributed by atoms with van der Waals surface area (Å²) in [5.74, 6) is 0.0648. The monoisotopic (exact) mass is 499 g/mol. The molecule has 13 nitrogen and oxygen atoms in total. The zero-order valence-corrected chi connectivity index (χ0v) is 19.9. The van der Waals surface area contributed by atoms with Crippen LogP contribution in [-0.4, -0.2) is 51.9 Å². The number of nitrogens with two attached hydrogens (primary N) is 1. The molecule has 2 heterocycles. The lowest BCUT2D eigenvalue weighted by Gasteiger charge is -2.21. The fraction of sp³-hybridized carbons (Fsp3) is 0.765. The zero-order chi connectivity index (χ0) is 23.8. The molecule has 2 rings (SSSR count). The molecule has 0 spiro atoms. The minimum absolute atomic E-state index is 0.0246. The number of aromatic nitrogens is 2. The molecule has 1 fully saturated rings. The van der Waals surface area contributed by atoms with Gasteiger partial charge in [0.25, 0.3) is 0 Å². The van der Waals surface area contributed by atoms with Gasteiger partial charge >= 0.3 is 21.3 Å². The summed E-state index contributed by atoms with van der Waals surface area (Å²) >= 11 is 0. The predicted molar refractivity (Wildman–Crippen MR) is 114 cm³/mol. The Morgan fingerprint density at radius 3 is 2.56 bits per heavy atom. The lowest BCUT2D eigenvalue weighted by atomic mass is 10.1. The molecule has 1 aliphatic rings. The van der Waals surface area contributed by atoms with Crippen molar-refractivity contribution < 1.29 is 41.7 Å². The van der Waals surface area contributed by atoms with Crippen molar-refractivity contribution in [2.45, 2.75) is 63.9 Å². The zero-order valence-electron chi connectivity index (χ0n) is 18.1. The summed E-state index contributed by atoms with van der Waals surface area (Å²) in [6.07, 6.45) is 1.96. The van der Waals surface area contributed by atoms with Gasteiger partial charge in [-0.25, -0.2) is 13.9 Å². The van der Waals surface area contributed by atoms with Crippen LogP contribution < -0.4 is 11.4 Å². The van der Waals surface area contributed by atoms with Crippen molar-refractivity contribution in [3.8, 4) is 0 Å². The first-order chi connectivity index (χ1) is 15.1. The van der Waals surface area contributed by atoms with E-state index in [-0.39, 0.29) is 25.5 Å². The number of anilines is 1. The quantitative estimate of drug-likeness (QED) is 0.251. The van der Waals surface area contributed by atoms with Crippen molar-refractivity contribution in [1.82, 2.24) is 9.55 Å². The van der Waals surface area contributed by atoms with Gasteiger partial charge in [0.05, 0.1) is 25.4 Å². The Balaban J connectivity index is 2.02. The third kappa shape index (κ3) is 8.66. The predicted octanol–water partition coefficient (Wildman–Crippen LogP) is 2.35. The molecule has 1 aromatic heterocycles. The first-order valence-corrected chi connectivity index (χ1v) is 13.2. The summed E-state index contributed by atoms with van der Waals surface area (Å²) < 4.78 is 50.3. The van der Waals surface area contributed by atoms with Crippen molar-refractivity contribution in [2.24, 2.45) is 0 Å². The van der Waals surface area contributed by atoms with Crippen LogP contribution in [0.5, 0.6) is 0 Å². The van der Waals surface area contributed by atoms with Gasteiger partial charge in [-0.2, -0.15) is 4.98 Å². The lowest BCUT2D eigenvalue weighted by Crippen LogP contribution is -2.27. The van der Waals surface area contributed by atoms with Gasteiger partial charge in [0.15, 0.2) is 0 Å². The average molecular weight is 499 g/mol. The highest BCUT2D eigenvalue weighted by Crippen LogP contribution is 2.49. The maximum absolute atomic E-state index is 12.3. The normalized spacial score (nSPS) is 24.8. The second kappa shape index (κ2) is 12.4. The molecule has 1 aliphatic heterocycles. The molecule has 0 radical (unpaired) electrons. The number of nitrogens with zero attached hydrogens (tertiary/aromatic N) is 2. The van der Waals surface area contributed by atoms with Crippen molar-refractivity contribution in [3.63, 3.8) is 0 Å². The van der Waals surface area contributed by atoms with Crippen LogP contribution in [0.25, 0.3) is 0 Å². The Bertz CT molecular complexity index is 882. The van der Waals surface area contributed by atoms with Crippen LogP contribution in [0.2, 0.25) is 0 Å². The van der Waals surface area contributed by atoms with Crippen molar-refractivity contribution in [2.75, 3.05) is 26.1 Å². The highest BCUT2D eigenvalue weighted by Gasteiger charge is 2.41. The molecular formula is C17H31N3O10P2. The highest BCUT2D eigenvalue weighted by molar-refractivity contribution is 7.47. The number of hydrogen-bond donors (Lipinski definition) is 3. The highest BCUT2D eigenvalue weighted by atomic mass is 31.2. The Morgan fingerprint density at radius 2 is 1.91 bits per heavy atom. The second-order valence-electron chi connectivity index (χ2n) is 7.19. The van der Waals surface area contributed by atoms with Gasteiger partial charge in [-0.15, -0.1) is 0 Å². The van der Waals surface area contributed by atoms with Gasteiger partial charge in [-0.1, -0.05) is 13.3 Å². The number of phosphoric ester groups is 2. The summed E-state index contributed by atoms with van der Waals surface area (Å²) in [5.41, 5.74) is 4.90. The molecular weight excluding hydrogens is 468 g/mol. The molecule has 0 bridgehead atoms. The SMILES string of the molecule is CCCCOP(=O)(O)OC1C[C@H](n2ccc(N)nc2=O)O[C@H]1CCCCOP(=O)(O)OC. The van der Waals surface area contributed by atoms with E-state index in [0.29, 0.717) is 25.7 Å². The first-order valence-electron chi connectivity index (χ1n) is 10.3.